The van der Waals surface area contributed by atoms with E-state index < -0.39 is 9.84 Å². The van der Waals surface area contributed by atoms with Gasteiger partial charge in [0.05, 0.1) is 24.1 Å². The molecule has 26 heavy (non-hydrogen) atoms. The van der Waals surface area contributed by atoms with Gasteiger partial charge in [-0.15, -0.1) is 0 Å². The summed E-state index contributed by atoms with van der Waals surface area (Å²) in [6, 6.07) is 15.0. The van der Waals surface area contributed by atoms with E-state index in [0.717, 1.165) is 22.5 Å². The summed E-state index contributed by atoms with van der Waals surface area (Å²) in [4.78, 5) is 14.6. The highest BCUT2D eigenvalue weighted by Gasteiger charge is 2.35. The molecule has 1 N–H and O–H groups in total. The molecule has 1 heterocycles. The number of hydrogen-bond donors (Lipinski definition) is 1. The first-order valence-corrected chi connectivity index (χ1v) is 10.6. The van der Waals surface area contributed by atoms with Gasteiger partial charge in [0.25, 0.3) is 0 Å². The van der Waals surface area contributed by atoms with Crippen molar-refractivity contribution in [3.8, 4) is 0 Å². The average molecular weight is 372 g/mol. The molecule has 5 nitrogen and oxygen atoms in total. The lowest BCUT2D eigenvalue weighted by molar-refractivity contribution is -0.117. The fourth-order valence-corrected chi connectivity index (χ4v) is 5.17. The number of hydrogen-bond acceptors (Lipinski definition) is 4. The summed E-state index contributed by atoms with van der Waals surface area (Å²) in [6.45, 7) is 4.15. The van der Waals surface area contributed by atoms with Crippen molar-refractivity contribution in [3.63, 3.8) is 0 Å². The van der Waals surface area contributed by atoms with Crippen molar-refractivity contribution < 1.29 is 13.2 Å². The van der Waals surface area contributed by atoms with Crippen LogP contribution >= 0.6 is 0 Å². The van der Waals surface area contributed by atoms with Gasteiger partial charge in [0.1, 0.15) is 0 Å². The Morgan fingerprint density at radius 1 is 1.12 bits per heavy atom. The Balaban J connectivity index is 1.79. The van der Waals surface area contributed by atoms with Gasteiger partial charge in [-0.2, -0.15) is 0 Å². The monoisotopic (exact) mass is 372 g/mol. The fraction of sp³-hybridized carbons (Fsp3) is 0.350. The standard InChI is InChI=1S/C20H24N2O3S/c1-15-10-16(2)12-17(11-15)21-13-20(23)22(18-6-4-3-5-7-18)19-8-9-26(24,25)14-19/h3-7,10-12,19,21H,8-9,13-14H2,1-2H3. The molecule has 2 aromatic rings. The largest absolute Gasteiger partial charge is 0.376 e. The first kappa shape index (κ1) is 18.5. The molecule has 1 fully saturated rings. The van der Waals surface area contributed by atoms with Crippen LogP contribution in [-0.2, 0) is 14.6 Å². The lowest BCUT2D eigenvalue weighted by atomic mass is 10.1. The molecule has 1 unspecified atom stereocenters. The minimum atomic E-state index is -3.07. The zero-order valence-corrected chi connectivity index (χ0v) is 15.9. The SMILES string of the molecule is Cc1cc(C)cc(NCC(=O)N(c2ccccc2)C2CCS(=O)(=O)C2)c1. The smallest absolute Gasteiger partial charge is 0.246 e. The fourth-order valence-electron chi connectivity index (χ4n) is 3.47. The number of carbonyl (C=O) groups excluding carboxylic acids is 1. The molecule has 1 aliphatic heterocycles. The van der Waals surface area contributed by atoms with Crippen LogP contribution < -0.4 is 10.2 Å². The average Bonchev–Trinajstić information content (AvgIpc) is 2.93. The predicted octanol–water partition coefficient (Wildman–Crippen LogP) is 2.94. The van der Waals surface area contributed by atoms with Crippen molar-refractivity contribution in [1.82, 2.24) is 0 Å². The van der Waals surface area contributed by atoms with Crippen molar-refractivity contribution in [2.75, 3.05) is 28.3 Å². The number of nitrogens with zero attached hydrogens (tertiary/aromatic N) is 1. The number of anilines is 2. The minimum absolute atomic E-state index is 0.0250. The first-order valence-electron chi connectivity index (χ1n) is 8.74. The van der Waals surface area contributed by atoms with Crippen LogP contribution in [0.15, 0.2) is 48.5 Å². The zero-order valence-electron chi connectivity index (χ0n) is 15.1. The molecule has 0 aromatic heterocycles. The van der Waals surface area contributed by atoms with Gasteiger partial charge in [-0.1, -0.05) is 24.3 Å². The maximum atomic E-state index is 13.0. The minimum Gasteiger partial charge on any atom is -0.376 e. The number of aryl methyl sites for hydroxylation is 2. The number of rotatable bonds is 5. The molecule has 1 aliphatic rings. The van der Waals surface area contributed by atoms with Crippen LogP contribution in [0.5, 0.6) is 0 Å². The topological polar surface area (TPSA) is 66.5 Å². The maximum absolute atomic E-state index is 13.0. The third-order valence-electron chi connectivity index (χ3n) is 4.54. The molecule has 6 heteroatoms. The second kappa shape index (κ2) is 7.50. The number of para-hydroxylation sites is 1. The molecule has 1 atom stereocenters. The second-order valence-corrected chi connectivity index (χ2v) is 9.11. The van der Waals surface area contributed by atoms with Gasteiger partial charge in [0, 0.05) is 11.4 Å². The van der Waals surface area contributed by atoms with Gasteiger partial charge in [-0.25, -0.2) is 8.42 Å². The number of carbonyl (C=O) groups is 1. The van der Waals surface area contributed by atoms with Crippen LogP contribution in [0.3, 0.4) is 0 Å². The van der Waals surface area contributed by atoms with Crippen LogP contribution in [0, 0.1) is 13.8 Å². The lowest BCUT2D eigenvalue weighted by Gasteiger charge is -2.28. The Hall–Kier alpha value is -2.34. The van der Waals surface area contributed by atoms with E-state index in [-0.39, 0.29) is 30.0 Å². The van der Waals surface area contributed by atoms with E-state index in [1.165, 1.54) is 0 Å². The Kier molecular flexibility index (Phi) is 5.32. The third-order valence-corrected chi connectivity index (χ3v) is 6.29. The van der Waals surface area contributed by atoms with Crippen LogP contribution in [0.25, 0.3) is 0 Å². The number of amides is 1. The maximum Gasteiger partial charge on any atom is 0.246 e. The van der Waals surface area contributed by atoms with Gasteiger partial charge in [0.15, 0.2) is 9.84 Å². The van der Waals surface area contributed by atoms with Crippen LogP contribution in [-0.4, -0.2) is 38.4 Å². The summed E-state index contributed by atoms with van der Waals surface area (Å²) in [5, 5.41) is 3.18. The van der Waals surface area contributed by atoms with Crippen molar-refractivity contribution >= 4 is 27.1 Å². The van der Waals surface area contributed by atoms with Gasteiger partial charge < -0.3 is 10.2 Å². The summed E-state index contributed by atoms with van der Waals surface area (Å²) in [7, 11) is -3.07. The highest BCUT2D eigenvalue weighted by atomic mass is 32.2. The van der Waals surface area contributed by atoms with Crippen molar-refractivity contribution in [2.24, 2.45) is 0 Å². The van der Waals surface area contributed by atoms with Crippen LogP contribution in [0.1, 0.15) is 17.5 Å². The first-order chi connectivity index (χ1) is 12.3. The number of nitrogens with one attached hydrogen (secondary N) is 1. The van der Waals surface area contributed by atoms with Gasteiger partial charge in [-0.3, -0.25) is 4.79 Å². The molecular formula is C20H24N2O3S. The normalized spacial score (nSPS) is 18.5. The van der Waals surface area contributed by atoms with E-state index in [9.17, 15) is 13.2 Å². The molecular weight excluding hydrogens is 348 g/mol. The predicted molar refractivity (Wildman–Crippen MR) is 105 cm³/mol. The molecule has 1 saturated heterocycles. The van der Waals surface area contributed by atoms with E-state index in [4.69, 9.17) is 0 Å². The van der Waals surface area contributed by atoms with Crippen LogP contribution in [0.4, 0.5) is 11.4 Å². The van der Waals surface area contributed by atoms with Crippen molar-refractivity contribution in [2.45, 2.75) is 26.3 Å². The summed E-state index contributed by atoms with van der Waals surface area (Å²) in [5.74, 6) is 0.0353. The zero-order chi connectivity index (χ0) is 18.7. The highest BCUT2D eigenvalue weighted by Crippen LogP contribution is 2.25. The van der Waals surface area contributed by atoms with E-state index in [2.05, 4.69) is 11.4 Å². The second-order valence-electron chi connectivity index (χ2n) is 6.89. The Morgan fingerprint density at radius 2 is 1.77 bits per heavy atom. The van der Waals surface area contributed by atoms with Gasteiger partial charge in [0.2, 0.25) is 5.91 Å². The van der Waals surface area contributed by atoms with Crippen LogP contribution in [0.2, 0.25) is 0 Å². The quantitative estimate of drug-likeness (QED) is 0.876. The molecule has 2 aromatic carbocycles. The summed E-state index contributed by atoms with van der Waals surface area (Å²) in [6.07, 6.45) is 0.479. The Labute approximate surface area is 154 Å². The van der Waals surface area contributed by atoms with E-state index in [1.807, 2.05) is 56.3 Å². The molecule has 1 amide bonds. The third kappa shape index (κ3) is 4.43. The number of benzene rings is 2. The highest BCUT2D eigenvalue weighted by molar-refractivity contribution is 7.91. The van der Waals surface area contributed by atoms with Crippen molar-refractivity contribution in [3.05, 3.63) is 59.7 Å². The molecule has 0 spiro atoms. The Morgan fingerprint density at radius 3 is 2.35 bits per heavy atom. The molecule has 0 bridgehead atoms. The van der Waals surface area contributed by atoms with E-state index in [1.54, 1.807) is 4.90 Å². The summed E-state index contributed by atoms with van der Waals surface area (Å²) in [5.41, 5.74) is 3.88. The molecule has 0 saturated carbocycles. The van der Waals surface area contributed by atoms with Gasteiger partial charge >= 0.3 is 0 Å². The summed E-state index contributed by atoms with van der Waals surface area (Å²) < 4.78 is 23.8. The van der Waals surface area contributed by atoms with E-state index in [0.29, 0.717) is 6.42 Å². The Bertz CT molecular complexity index is 874. The molecule has 0 radical (unpaired) electrons. The lowest BCUT2D eigenvalue weighted by Crippen LogP contribution is -2.44. The molecule has 0 aliphatic carbocycles. The van der Waals surface area contributed by atoms with E-state index >= 15 is 0 Å². The van der Waals surface area contributed by atoms with Crippen molar-refractivity contribution in [1.29, 1.82) is 0 Å². The number of sulfone groups is 1. The summed E-state index contributed by atoms with van der Waals surface area (Å²) >= 11 is 0. The van der Waals surface area contributed by atoms with Gasteiger partial charge in [-0.05, 0) is 55.7 Å². The molecule has 3 rings (SSSR count). The molecule has 138 valence electrons.